The van der Waals surface area contributed by atoms with E-state index in [1.54, 1.807) is 0 Å². The lowest BCUT2D eigenvalue weighted by Crippen LogP contribution is -2.26. The lowest BCUT2D eigenvalue weighted by atomic mass is 9.73. The number of hydrogen-bond acceptors (Lipinski definition) is 2. The lowest BCUT2D eigenvalue weighted by molar-refractivity contribution is 0.597. The van der Waals surface area contributed by atoms with Crippen LogP contribution >= 0.6 is 0 Å². The molecule has 2 aromatic rings. The summed E-state index contributed by atoms with van der Waals surface area (Å²) < 4.78 is 0. The van der Waals surface area contributed by atoms with Crippen LogP contribution in [-0.2, 0) is 5.41 Å². The first-order valence-electron chi connectivity index (χ1n) is 7.32. The van der Waals surface area contributed by atoms with Crippen molar-refractivity contribution in [3.63, 3.8) is 0 Å². The first-order chi connectivity index (χ1) is 9.34. The van der Waals surface area contributed by atoms with Crippen molar-refractivity contribution in [3.8, 4) is 0 Å². The molecule has 3 rings (SSSR count). The first-order valence-corrected chi connectivity index (χ1v) is 7.32. The molecule has 0 amide bonds. The van der Waals surface area contributed by atoms with Crippen molar-refractivity contribution in [1.29, 1.82) is 0 Å². The SMILES string of the molecule is CC1=C(C)C(C)(C)c2nc(C(C)C)cc3ccnc1c23. The van der Waals surface area contributed by atoms with Gasteiger partial charge in [-0.2, -0.15) is 0 Å². The Hall–Kier alpha value is -1.70. The van der Waals surface area contributed by atoms with Crippen LogP contribution in [0, 0.1) is 0 Å². The third kappa shape index (κ3) is 1.64. The van der Waals surface area contributed by atoms with Crippen LogP contribution in [0.25, 0.3) is 16.3 Å². The molecule has 104 valence electrons. The van der Waals surface area contributed by atoms with Gasteiger partial charge in [-0.1, -0.05) is 33.3 Å². The molecule has 0 atom stereocenters. The molecule has 2 heteroatoms. The Labute approximate surface area is 121 Å². The van der Waals surface area contributed by atoms with E-state index in [2.05, 4.69) is 58.7 Å². The van der Waals surface area contributed by atoms with Crippen LogP contribution in [0.3, 0.4) is 0 Å². The highest BCUT2D eigenvalue weighted by molar-refractivity contribution is 5.97. The van der Waals surface area contributed by atoms with E-state index in [0.717, 1.165) is 5.69 Å². The average molecular weight is 266 g/mol. The molecule has 0 unspecified atom stereocenters. The van der Waals surface area contributed by atoms with E-state index in [9.17, 15) is 0 Å². The molecule has 0 aliphatic heterocycles. The molecule has 0 fully saturated rings. The van der Waals surface area contributed by atoms with Crippen molar-refractivity contribution in [3.05, 3.63) is 41.0 Å². The molecule has 0 spiro atoms. The van der Waals surface area contributed by atoms with Crippen molar-refractivity contribution >= 4 is 16.3 Å². The minimum Gasteiger partial charge on any atom is -0.256 e. The smallest absolute Gasteiger partial charge is 0.0755 e. The molecule has 1 aliphatic carbocycles. The second-order valence-corrected chi connectivity index (χ2v) is 6.68. The molecular formula is C18H22N2. The van der Waals surface area contributed by atoms with Gasteiger partial charge in [0.15, 0.2) is 0 Å². The second kappa shape index (κ2) is 4.15. The molecule has 2 nitrogen and oxygen atoms in total. The largest absolute Gasteiger partial charge is 0.256 e. The van der Waals surface area contributed by atoms with Gasteiger partial charge in [0.2, 0.25) is 0 Å². The van der Waals surface area contributed by atoms with Gasteiger partial charge in [-0.05, 0) is 42.9 Å². The van der Waals surface area contributed by atoms with Gasteiger partial charge < -0.3 is 0 Å². The fourth-order valence-corrected chi connectivity index (χ4v) is 3.08. The van der Waals surface area contributed by atoms with E-state index in [1.807, 2.05) is 6.20 Å². The van der Waals surface area contributed by atoms with Gasteiger partial charge in [0, 0.05) is 22.7 Å². The fourth-order valence-electron chi connectivity index (χ4n) is 3.08. The lowest BCUT2D eigenvalue weighted by Gasteiger charge is -2.34. The fraction of sp³-hybridized carbons (Fsp3) is 0.444. The van der Waals surface area contributed by atoms with E-state index >= 15 is 0 Å². The van der Waals surface area contributed by atoms with Crippen LogP contribution in [0.4, 0.5) is 0 Å². The molecule has 0 radical (unpaired) electrons. The molecular weight excluding hydrogens is 244 g/mol. The molecule has 0 saturated carbocycles. The first kappa shape index (κ1) is 13.3. The van der Waals surface area contributed by atoms with Crippen LogP contribution < -0.4 is 0 Å². The van der Waals surface area contributed by atoms with Crippen LogP contribution in [0.15, 0.2) is 23.9 Å². The molecule has 2 aromatic heterocycles. The average Bonchev–Trinajstić information content (AvgIpc) is 2.42. The predicted molar refractivity (Wildman–Crippen MR) is 84.9 cm³/mol. The van der Waals surface area contributed by atoms with Crippen LogP contribution in [0.1, 0.15) is 64.5 Å². The summed E-state index contributed by atoms with van der Waals surface area (Å²) in [4.78, 5) is 9.61. The van der Waals surface area contributed by atoms with Crippen LogP contribution in [0.5, 0.6) is 0 Å². The molecule has 0 saturated heterocycles. The molecule has 0 N–H and O–H groups in total. The summed E-state index contributed by atoms with van der Waals surface area (Å²) in [6, 6.07) is 4.33. The third-order valence-electron chi connectivity index (χ3n) is 4.80. The summed E-state index contributed by atoms with van der Waals surface area (Å²) in [6.45, 7) is 13.3. The Morgan fingerprint density at radius 3 is 2.50 bits per heavy atom. The summed E-state index contributed by atoms with van der Waals surface area (Å²) in [5.41, 5.74) is 6.11. The number of aromatic nitrogens is 2. The zero-order chi connectivity index (χ0) is 14.7. The summed E-state index contributed by atoms with van der Waals surface area (Å²) in [5, 5.41) is 2.51. The Morgan fingerprint density at radius 1 is 1.15 bits per heavy atom. The number of allylic oxidation sites excluding steroid dienone is 2. The van der Waals surface area contributed by atoms with E-state index in [0.29, 0.717) is 5.92 Å². The van der Waals surface area contributed by atoms with Crippen molar-refractivity contribution in [2.24, 2.45) is 0 Å². The maximum Gasteiger partial charge on any atom is 0.0755 e. The maximum atomic E-state index is 4.99. The number of rotatable bonds is 1. The zero-order valence-corrected chi connectivity index (χ0v) is 13.2. The van der Waals surface area contributed by atoms with Crippen LogP contribution in [0.2, 0.25) is 0 Å². The Bertz CT molecular complexity index is 736. The molecule has 20 heavy (non-hydrogen) atoms. The van der Waals surface area contributed by atoms with E-state index in [1.165, 1.54) is 33.3 Å². The Balaban J connectivity index is 2.49. The second-order valence-electron chi connectivity index (χ2n) is 6.68. The van der Waals surface area contributed by atoms with Gasteiger partial charge in [-0.15, -0.1) is 0 Å². The van der Waals surface area contributed by atoms with Crippen molar-refractivity contribution < 1.29 is 0 Å². The van der Waals surface area contributed by atoms with Crippen molar-refractivity contribution in [1.82, 2.24) is 9.97 Å². The quantitative estimate of drug-likeness (QED) is 0.738. The minimum atomic E-state index is -0.0245. The standard InChI is InChI=1S/C18H22N2/c1-10(2)14-9-13-7-8-19-16-11(3)12(4)18(5,6)17(20-14)15(13)16/h7-10H,1-6H3. The van der Waals surface area contributed by atoms with E-state index in [4.69, 9.17) is 4.98 Å². The highest BCUT2D eigenvalue weighted by Gasteiger charge is 2.34. The van der Waals surface area contributed by atoms with Crippen molar-refractivity contribution in [2.75, 3.05) is 0 Å². The maximum absolute atomic E-state index is 4.99. The van der Waals surface area contributed by atoms with Gasteiger partial charge in [0.25, 0.3) is 0 Å². The number of pyridine rings is 2. The van der Waals surface area contributed by atoms with Gasteiger partial charge in [-0.3, -0.25) is 9.97 Å². The topological polar surface area (TPSA) is 25.8 Å². The third-order valence-corrected chi connectivity index (χ3v) is 4.80. The minimum absolute atomic E-state index is 0.0245. The summed E-state index contributed by atoms with van der Waals surface area (Å²) in [6.07, 6.45) is 1.92. The number of hydrogen-bond donors (Lipinski definition) is 0. The Kier molecular flexibility index (Phi) is 2.75. The highest BCUT2D eigenvalue weighted by atomic mass is 14.8. The van der Waals surface area contributed by atoms with Gasteiger partial charge in [0.05, 0.1) is 11.4 Å². The molecule has 2 heterocycles. The van der Waals surface area contributed by atoms with Gasteiger partial charge >= 0.3 is 0 Å². The molecule has 1 aliphatic rings. The van der Waals surface area contributed by atoms with Crippen LogP contribution in [-0.4, -0.2) is 9.97 Å². The van der Waals surface area contributed by atoms with E-state index < -0.39 is 0 Å². The molecule has 0 aromatic carbocycles. The Morgan fingerprint density at radius 2 is 1.85 bits per heavy atom. The number of nitrogens with zero attached hydrogens (tertiary/aromatic N) is 2. The summed E-state index contributed by atoms with van der Waals surface area (Å²) in [7, 11) is 0. The van der Waals surface area contributed by atoms with Gasteiger partial charge in [-0.25, -0.2) is 0 Å². The predicted octanol–water partition coefficient (Wildman–Crippen LogP) is 4.84. The zero-order valence-electron chi connectivity index (χ0n) is 13.2. The highest BCUT2D eigenvalue weighted by Crippen LogP contribution is 2.44. The normalized spacial score (nSPS) is 17.1. The summed E-state index contributed by atoms with van der Waals surface area (Å²) >= 11 is 0. The van der Waals surface area contributed by atoms with Gasteiger partial charge in [0.1, 0.15) is 0 Å². The molecule has 0 bridgehead atoms. The monoisotopic (exact) mass is 266 g/mol. The summed E-state index contributed by atoms with van der Waals surface area (Å²) in [5.74, 6) is 0.440. The van der Waals surface area contributed by atoms with E-state index in [-0.39, 0.29) is 5.41 Å². The van der Waals surface area contributed by atoms with Crippen molar-refractivity contribution in [2.45, 2.75) is 52.9 Å².